The number of hydrogen-bond acceptors (Lipinski definition) is 3. The van der Waals surface area contributed by atoms with Crippen LogP contribution in [0.2, 0.25) is 0 Å². The van der Waals surface area contributed by atoms with Gasteiger partial charge >= 0.3 is 0 Å². The van der Waals surface area contributed by atoms with E-state index in [4.69, 9.17) is 16.7 Å². The van der Waals surface area contributed by atoms with Crippen molar-refractivity contribution in [3.63, 3.8) is 0 Å². The molecule has 0 bridgehead atoms. The Balaban J connectivity index is 2.86. The Kier molecular flexibility index (Phi) is 5.42. The minimum Gasteiger partial charge on any atom is -0.389 e. The average molecular weight is 140 g/mol. The molecule has 0 fully saturated rings. The molecule has 0 aliphatic carbocycles. The number of hydrogen-bond donors (Lipinski definition) is 2. The molecule has 0 spiro atoms. The molecule has 0 rings (SSSR count). The molecule has 3 nitrogen and oxygen atoms in total. The SMILES string of the molecule is CNOCC(O)CCl. The predicted molar refractivity (Wildman–Crippen MR) is 31.7 cm³/mol. The van der Waals surface area contributed by atoms with Gasteiger partial charge < -0.3 is 5.11 Å². The summed E-state index contributed by atoms with van der Waals surface area (Å²) in [6.07, 6.45) is -0.566. The molecule has 50 valence electrons. The zero-order valence-electron chi connectivity index (χ0n) is 4.72. The van der Waals surface area contributed by atoms with E-state index in [-0.39, 0.29) is 12.5 Å². The van der Waals surface area contributed by atoms with Crippen molar-refractivity contribution in [2.24, 2.45) is 0 Å². The molecular weight excluding hydrogens is 130 g/mol. The van der Waals surface area contributed by atoms with Crippen LogP contribution in [0.25, 0.3) is 0 Å². The van der Waals surface area contributed by atoms with Gasteiger partial charge in [-0.2, -0.15) is 0 Å². The second-order valence-corrected chi connectivity index (χ2v) is 1.63. The van der Waals surface area contributed by atoms with E-state index in [2.05, 4.69) is 10.3 Å². The van der Waals surface area contributed by atoms with E-state index in [0.717, 1.165) is 0 Å². The molecule has 0 heterocycles. The Bertz CT molecular complexity index is 53.3. The molecule has 0 aromatic carbocycles. The maximum Gasteiger partial charge on any atom is 0.0953 e. The fourth-order valence-electron chi connectivity index (χ4n) is 0.224. The third kappa shape index (κ3) is 4.33. The van der Waals surface area contributed by atoms with Crippen molar-refractivity contribution in [3.8, 4) is 0 Å². The lowest BCUT2D eigenvalue weighted by atomic mass is 10.4. The first-order chi connectivity index (χ1) is 3.81. The van der Waals surface area contributed by atoms with Gasteiger partial charge in [0.15, 0.2) is 0 Å². The molecule has 0 radical (unpaired) electrons. The van der Waals surface area contributed by atoms with Crippen molar-refractivity contribution >= 4 is 11.6 Å². The molecule has 4 heteroatoms. The maximum absolute atomic E-state index is 8.69. The van der Waals surface area contributed by atoms with Crippen molar-refractivity contribution < 1.29 is 9.94 Å². The molecule has 1 atom stereocenters. The highest BCUT2D eigenvalue weighted by atomic mass is 35.5. The van der Waals surface area contributed by atoms with E-state index < -0.39 is 6.10 Å². The standard InChI is InChI=1S/C4H10ClNO2/c1-6-8-3-4(7)2-5/h4,6-7H,2-3H2,1H3. The van der Waals surface area contributed by atoms with E-state index in [0.29, 0.717) is 0 Å². The van der Waals surface area contributed by atoms with Crippen LogP contribution in [0, 0.1) is 0 Å². The Morgan fingerprint density at radius 1 is 1.88 bits per heavy atom. The lowest BCUT2D eigenvalue weighted by Gasteiger charge is -2.04. The summed E-state index contributed by atoms with van der Waals surface area (Å²) >= 11 is 5.23. The summed E-state index contributed by atoms with van der Waals surface area (Å²) < 4.78 is 0. The smallest absolute Gasteiger partial charge is 0.0953 e. The highest BCUT2D eigenvalue weighted by Gasteiger charge is 1.98. The van der Waals surface area contributed by atoms with Crippen LogP contribution in [0.15, 0.2) is 0 Å². The third-order valence-electron chi connectivity index (χ3n) is 0.598. The van der Waals surface area contributed by atoms with Crippen LogP contribution in [0.4, 0.5) is 0 Å². The third-order valence-corrected chi connectivity index (χ3v) is 0.954. The van der Waals surface area contributed by atoms with Gasteiger partial charge in [0.1, 0.15) is 0 Å². The van der Waals surface area contributed by atoms with Gasteiger partial charge in [0.2, 0.25) is 0 Å². The molecule has 2 N–H and O–H groups in total. The largest absolute Gasteiger partial charge is 0.389 e. The van der Waals surface area contributed by atoms with E-state index in [9.17, 15) is 0 Å². The van der Waals surface area contributed by atoms with Gasteiger partial charge in [-0.3, -0.25) is 4.84 Å². The van der Waals surface area contributed by atoms with Crippen molar-refractivity contribution in [2.45, 2.75) is 6.10 Å². The van der Waals surface area contributed by atoms with Gasteiger partial charge in [-0.05, 0) is 0 Å². The Labute approximate surface area is 53.5 Å². The van der Waals surface area contributed by atoms with Crippen LogP contribution in [0.3, 0.4) is 0 Å². The number of rotatable bonds is 4. The number of hydroxylamine groups is 1. The van der Waals surface area contributed by atoms with Crippen molar-refractivity contribution in [3.05, 3.63) is 0 Å². The van der Waals surface area contributed by atoms with E-state index in [1.54, 1.807) is 7.05 Å². The lowest BCUT2D eigenvalue weighted by Crippen LogP contribution is -2.21. The van der Waals surface area contributed by atoms with Crippen LogP contribution in [0.1, 0.15) is 0 Å². The molecule has 0 saturated carbocycles. The highest BCUT2D eigenvalue weighted by Crippen LogP contribution is 1.85. The zero-order chi connectivity index (χ0) is 6.41. The van der Waals surface area contributed by atoms with Crippen molar-refractivity contribution in [2.75, 3.05) is 19.5 Å². The number of halogens is 1. The number of aliphatic hydroxyl groups is 1. The van der Waals surface area contributed by atoms with E-state index in [1.165, 1.54) is 0 Å². The Morgan fingerprint density at radius 3 is 2.88 bits per heavy atom. The first-order valence-electron chi connectivity index (χ1n) is 2.33. The number of alkyl halides is 1. The molecule has 0 amide bonds. The maximum atomic E-state index is 8.69. The molecule has 1 unspecified atom stereocenters. The molecule has 0 aliphatic heterocycles. The van der Waals surface area contributed by atoms with Crippen LogP contribution < -0.4 is 5.48 Å². The van der Waals surface area contributed by atoms with Crippen LogP contribution >= 0.6 is 11.6 Å². The minimum atomic E-state index is -0.566. The van der Waals surface area contributed by atoms with Crippen LogP contribution in [-0.2, 0) is 4.84 Å². The topological polar surface area (TPSA) is 41.5 Å². The van der Waals surface area contributed by atoms with Gasteiger partial charge in [-0.1, -0.05) is 0 Å². The Hall–Kier alpha value is 0.170. The molecular formula is C4H10ClNO2. The highest BCUT2D eigenvalue weighted by molar-refractivity contribution is 6.18. The molecule has 0 aromatic heterocycles. The summed E-state index contributed by atoms with van der Waals surface area (Å²) in [5, 5.41) is 8.69. The van der Waals surface area contributed by atoms with E-state index >= 15 is 0 Å². The summed E-state index contributed by atoms with van der Waals surface area (Å²) in [5.41, 5.74) is 2.41. The first kappa shape index (κ1) is 8.17. The van der Waals surface area contributed by atoms with E-state index in [1.807, 2.05) is 0 Å². The van der Waals surface area contributed by atoms with Crippen LogP contribution in [0.5, 0.6) is 0 Å². The summed E-state index contributed by atoms with van der Waals surface area (Å²) in [4.78, 5) is 4.60. The second kappa shape index (κ2) is 5.31. The van der Waals surface area contributed by atoms with Crippen LogP contribution in [-0.4, -0.2) is 30.7 Å². The van der Waals surface area contributed by atoms with Gasteiger partial charge in [-0.15, -0.1) is 11.6 Å². The monoisotopic (exact) mass is 139 g/mol. The van der Waals surface area contributed by atoms with Gasteiger partial charge in [-0.25, -0.2) is 5.48 Å². The fourth-order valence-corrected chi connectivity index (χ4v) is 0.313. The minimum absolute atomic E-state index is 0.210. The average Bonchev–Trinajstić information content (AvgIpc) is 1.83. The lowest BCUT2D eigenvalue weighted by molar-refractivity contribution is -0.000671. The summed E-state index contributed by atoms with van der Waals surface area (Å²) in [5.74, 6) is 0.210. The van der Waals surface area contributed by atoms with Crippen molar-refractivity contribution in [1.29, 1.82) is 0 Å². The molecule has 0 aromatic rings. The zero-order valence-corrected chi connectivity index (χ0v) is 5.48. The summed E-state index contributed by atoms with van der Waals surface area (Å²) in [6.45, 7) is 0.236. The van der Waals surface area contributed by atoms with Crippen molar-refractivity contribution in [1.82, 2.24) is 5.48 Å². The van der Waals surface area contributed by atoms with Gasteiger partial charge in [0.25, 0.3) is 0 Å². The fraction of sp³-hybridized carbons (Fsp3) is 1.00. The molecule has 8 heavy (non-hydrogen) atoms. The first-order valence-corrected chi connectivity index (χ1v) is 2.87. The summed E-state index contributed by atoms with van der Waals surface area (Å²) in [6, 6.07) is 0. The van der Waals surface area contributed by atoms with Gasteiger partial charge in [0, 0.05) is 7.05 Å². The second-order valence-electron chi connectivity index (χ2n) is 1.32. The quantitative estimate of drug-likeness (QED) is 0.417. The summed E-state index contributed by atoms with van der Waals surface area (Å²) in [7, 11) is 1.63. The molecule has 0 saturated heterocycles. The number of aliphatic hydroxyl groups excluding tert-OH is 1. The van der Waals surface area contributed by atoms with Gasteiger partial charge in [0.05, 0.1) is 18.6 Å². The predicted octanol–water partition coefficient (Wildman–Crippen LogP) is -0.263. The number of nitrogens with one attached hydrogen (secondary N) is 1. The Morgan fingerprint density at radius 2 is 2.50 bits per heavy atom. The molecule has 0 aliphatic rings. The normalized spacial score (nSPS) is 13.9.